The fourth-order valence-corrected chi connectivity index (χ4v) is 2.40. The van der Waals surface area contributed by atoms with Gasteiger partial charge in [0.1, 0.15) is 5.75 Å². The molecule has 0 fully saturated rings. The van der Waals surface area contributed by atoms with Gasteiger partial charge in [0.05, 0.1) is 5.56 Å². The van der Waals surface area contributed by atoms with Gasteiger partial charge in [-0.1, -0.05) is 44.7 Å². The number of nitrogens with one attached hydrogen (secondary N) is 3. The number of carbonyl (C=O) groups is 1. The molecular formula is C16H24ClN3O2S. The van der Waals surface area contributed by atoms with Crippen molar-refractivity contribution in [3.8, 4) is 5.75 Å². The molecule has 0 aliphatic carbocycles. The molecule has 0 saturated carbocycles. The number of hydrogen-bond acceptors (Lipinski definition) is 3. The molecule has 1 rings (SSSR count). The normalized spacial score (nSPS) is 11.6. The number of amides is 1. The standard InChI is InChI=1S/C16H24ClN3O2S/c1-3-5-6-11(4-2)10-18-16(23)20-19-15(22)13-9-12(17)7-8-14(13)21/h7-9,11,21H,3-6,10H2,1-2H3,(H,19,22)(H2,18,20,23)/t11-/m0/s1. The van der Waals surface area contributed by atoms with Crippen LogP contribution in [0.2, 0.25) is 5.02 Å². The van der Waals surface area contributed by atoms with E-state index in [2.05, 4.69) is 30.0 Å². The third-order valence-electron chi connectivity index (χ3n) is 3.59. The second kappa shape index (κ2) is 10.3. The van der Waals surface area contributed by atoms with Crippen LogP contribution in [0.15, 0.2) is 18.2 Å². The van der Waals surface area contributed by atoms with E-state index < -0.39 is 5.91 Å². The Bertz CT molecular complexity index is 540. The van der Waals surface area contributed by atoms with E-state index in [1.807, 2.05) is 0 Å². The second-order valence-electron chi connectivity index (χ2n) is 5.37. The molecule has 128 valence electrons. The van der Waals surface area contributed by atoms with Gasteiger partial charge in [-0.15, -0.1) is 0 Å². The van der Waals surface area contributed by atoms with Gasteiger partial charge in [-0.05, 0) is 42.8 Å². The largest absolute Gasteiger partial charge is 0.507 e. The van der Waals surface area contributed by atoms with Gasteiger partial charge in [-0.3, -0.25) is 15.6 Å². The number of phenolic OH excluding ortho intramolecular Hbond substituents is 1. The van der Waals surface area contributed by atoms with E-state index >= 15 is 0 Å². The number of phenols is 1. The van der Waals surface area contributed by atoms with Gasteiger partial charge in [-0.25, -0.2) is 0 Å². The first kappa shape index (κ1) is 19.5. The van der Waals surface area contributed by atoms with Crippen LogP contribution in [0.1, 0.15) is 49.9 Å². The van der Waals surface area contributed by atoms with Gasteiger partial charge in [0, 0.05) is 11.6 Å². The summed E-state index contributed by atoms with van der Waals surface area (Å²) >= 11 is 11.0. The summed E-state index contributed by atoms with van der Waals surface area (Å²) in [5.41, 5.74) is 5.16. The van der Waals surface area contributed by atoms with Crippen LogP contribution < -0.4 is 16.2 Å². The first-order chi connectivity index (χ1) is 11.0. The van der Waals surface area contributed by atoms with E-state index in [-0.39, 0.29) is 11.3 Å². The minimum atomic E-state index is -0.507. The fraction of sp³-hybridized carbons (Fsp3) is 0.500. The van der Waals surface area contributed by atoms with Crippen molar-refractivity contribution in [2.24, 2.45) is 5.92 Å². The molecule has 5 nitrogen and oxygen atoms in total. The van der Waals surface area contributed by atoms with E-state index in [4.69, 9.17) is 23.8 Å². The predicted octanol–water partition coefficient (Wildman–Crippen LogP) is 3.37. The summed E-state index contributed by atoms with van der Waals surface area (Å²) in [6, 6.07) is 4.27. The lowest BCUT2D eigenvalue weighted by Crippen LogP contribution is -2.47. The zero-order valence-corrected chi connectivity index (χ0v) is 15.1. The molecule has 0 aromatic heterocycles. The molecule has 1 aromatic rings. The van der Waals surface area contributed by atoms with Gasteiger partial charge in [0.2, 0.25) is 0 Å². The van der Waals surface area contributed by atoms with Crippen molar-refractivity contribution in [1.82, 2.24) is 16.2 Å². The highest BCUT2D eigenvalue weighted by molar-refractivity contribution is 7.80. The van der Waals surface area contributed by atoms with Crippen molar-refractivity contribution in [2.75, 3.05) is 6.54 Å². The molecule has 0 heterocycles. The highest BCUT2D eigenvalue weighted by Gasteiger charge is 2.12. The van der Waals surface area contributed by atoms with Crippen LogP contribution in [-0.4, -0.2) is 22.7 Å². The highest BCUT2D eigenvalue weighted by atomic mass is 35.5. The molecule has 23 heavy (non-hydrogen) atoms. The maximum Gasteiger partial charge on any atom is 0.273 e. The first-order valence-electron chi connectivity index (χ1n) is 7.80. The Hall–Kier alpha value is -1.53. The number of benzene rings is 1. The Morgan fingerprint density at radius 2 is 2.09 bits per heavy atom. The van der Waals surface area contributed by atoms with Crippen molar-refractivity contribution in [3.63, 3.8) is 0 Å². The van der Waals surface area contributed by atoms with Gasteiger partial charge >= 0.3 is 0 Å². The molecule has 0 unspecified atom stereocenters. The molecule has 7 heteroatoms. The zero-order chi connectivity index (χ0) is 17.2. The van der Waals surface area contributed by atoms with E-state index in [0.717, 1.165) is 19.4 Å². The van der Waals surface area contributed by atoms with Gasteiger partial charge in [-0.2, -0.15) is 0 Å². The summed E-state index contributed by atoms with van der Waals surface area (Å²) in [4.78, 5) is 12.0. The Labute approximate surface area is 147 Å². The molecule has 0 aliphatic heterocycles. The molecular weight excluding hydrogens is 334 g/mol. The Morgan fingerprint density at radius 1 is 1.35 bits per heavy atom. The molecule has 1 atom stereocenters. The smallest absolute Gasteiger partial charge is 0.273 e. The fourth-order valence-electron chi connectivity index (χ4n) is 2.10. The zero-order valence-electron chi connectivity index (χ0n) is 13.5. The number of hydrogen-bond donors (Lipinski definition) is 4. The van der Waals surface area contributed by atoms with Crippen LogP contribution in [0.3, 0.4) is 0 Å². The van der Waals surface area contributed by atoms with Crippen LogP contribution in [-0.2, 0) is 0 Å². The van der Waals surface area contributed by atoms with Crippen LogP contribution in [0.5, 0.6) is 5.75 Å². The number of aromatic hydroxyl groups is 1. The summed E-state index contributed by atoms with van der Waals surface area (Å²) in [5.74, 6) is -0.0901. The molecule has 0 radical (unpaired) electrons. The molecule has 0 aliphatic rings. The average Bonchev–Trinajstić information content (AvgIpc) is 2.55. The minimum Gasteiger partial charge on any atom is -0.507 e. The molecule has 0 spiro atoms. The van der Waals surface area contributed by atoms with Gasteiger partial charge < -0.3 is 10.4 Å². The first-order valence-corrected chi connectivity index (χ1v) is 8.59. The van der Waals surface area contributed by atoms with Gasteiger partial charge in [0.15, 0.2) is 5.11 Å². The minimum absolute atomic E-state index is 0.0854. The quantitative estimate of drug-likeness (QED) is 0.445. The molecule has 0 bridgehead atoms. The van der Waals surface area contributed by atoms with Gasteiger partial charge in [0.25, 0.3) is 5.91 Å². The summed E-state index contributed by atoms with van der Waals surface area (Å²) < 4.78 is 0. The predicted molar refractivity (Wildman–Crippen MR) is 97.6 cm³/mol. The van der Waals surface area contributed by atoms with Crippen molar-refractivity contribution in [3.05, 3.63) is 28.8 Å². The van der Waals surface area contributed by atoms with E-state index in [1.165, 1.54) is 31.0 Å². The maximum atomic E-state index is 12.0. The van der Waals surface area contributed by atoms with Crippen molar-refractivity contribution < 1.29 is 9.90 Å². The summed E-state index contributed by atoms with van der Waals surface area (Å²) in [7, 11) is 0. The van der Waals surface area contributed by atoms with Crippen molar-refractivity contribution in [1.29, 1.82) is 0 Å². The summed E-state index contributed by atoms with van der Waals surface area (Å²) in [6.45, 7) is 5.09. The van der Waals surface area contributed by atoms with Crippen LogP contribution in [0.25, 0.3) is 0 Å². The Balaban J connectivity index is 2.40. The Kier molecular flexibility index (Phi) is 8.73. The number of rotatable bonds is 7. The van der Waals surface area contributed by atoms with Crippen molar-refractivity contribution in [2.45, 2.75) is 39.5 Å². The lowest BCUT2D eigenvalue weighted by Gasteiger charge is -2.17. The molecule has 4 N–H and O–H groups in total. The topological polar surface area (TPSA) is 73.4 Å². The van der Waals surface area contributed by atoms with Crippen LogP contribution in [0, 0.1) is 5.92 Å². The SMILES string of the molecule is CCCC[C@H](CC)CNC(=S)NNC(=O)c1cc(Cl)ccc1O. The second-order valence-corrected chi connectivity index (χ2v) is 6.21. The number of hydrazine groups is 1. The number of halogens is 1. The van der Waals surface area contributed by atoms with Crippen LogP contribution in [0.4, 0.5) is 0 Å². The monoisotopic (exact) mass is 357 g/mol. The third kappa shape index (κ3) is 7.05. The third-order valence-corrected chi connectivity index (χ3v) is 4.07. The summed E-state index contributed by atoms with van der Waals surface area (Å²) in [6.07, 6.45) is 4.62. The van der Waals surface area contributed by atoms with Crippen LogP contribution >= 0.6 is 23.8 Å². The average molecular weight is 358 g/mol. The molecule has 1 aromatic carbocycles. The Morgan fingerprint density at radius 3 is 2.74 bits per heavy atom. The van der Waals surface area contributed by atoms with E-state index in [1.54, 1.807) is 0 Å². The lowest BCUT2D eigenvalue weighted by atomic mass is 9.99. The highest BCUT2D eigenvalue weighted by Crippen LogP contribution is 2.20. The lowest BCUT2D eigenvalue weighted by molar-refractivity contribution is 0.0941. The number of unbranched alkanes of at least 4 members (excludes halogenated alkanes) is 1. The van der Waals surface area contributed by atoms with E-state index in [0.29, 0.717) is 16.1 Å². The number of thiocarbonyl (C=S) groups is 1. The summed E-state index contributed by atoms with van der Waals surface area (Å²) in [5, 5.41) is 13.5. The van der Waals surface area contributed by atoms with E-state index in [9.17, 15) is 9.90 Å². The number of carbonyl (C=O) groups excluding carboxylic acids is 1. The molecule has 1 amide bonds. The molecule has 0 saturated heterocycles. The van der Waals surface area contributed by atoms with Crippen molar-refractivity contribution >= 4 is 34.8 Å². The maximum absolute atomic E-state index is 12.0.